The second-order valence-electron chi connectivity index (χ2n) is 5.22. The van der Waals surface area contributed by atoms with Crippen LogP contribution in [0, 0.1) is 18.7 Å². The van der Waals surface area contributed by atoms with Crippen molar-refractivity contribution in [3.05, 3.63) is 29.1 Å². The number of benzene rings is 1. The van der Waals surface area contributed by atoms with E-state index < -0.39 is 15.8 Å². The standard InChI is InChI=1S/C14H23FN2O2S/c1-5-10(2)9-17(4)20(18,19)13-6-11(3)14(15)12(7-13)8-16/h6-7,10H,5,8-9,16H2,1-4H3. The summed E-state index contributed by atoms with van der Waals surface area (Å²) < 4.78 is 40.0. The van der Waals surface area contributed by atoms with Gasteiger partial charge in [0.25, 0.3) is 0 Å². The largest absolute Gasteiger partial charge is 0.326 e. The van der Waals surface area contributed by atoms with Gasteiger partial charge in [-0.05, 0) is 30.5 Å². The summed E-state index contributed by atoms with van der Waals surface area (Å²) in [6, 6.07) is 2.68. The first-order chi connectivity index (χ1) is 9.23. The van der Waals surface area contributed by atoms with Crippen LogP contribution in [0.2, 0.25) is 0 Å². The van der Waals surface area contributed by atoms with Crippen LogP contribution >= 0.6 is 0 Å². The van der Waals surface area contributed by atoms with E-state index >= 15 is 0 Å². The van der Waals surface area contributed by atoms with Crippen molar-refractivity contribution in [3.8, 4) is 0 Å². The maximum Gasteiger partial charge on any atom is 0.242 e. The minimum atomic E-state index is -3.60. The van der Waals surface area contributed by atoms with Gasteiger partial charge in [-0.1, -0.05) is 20.3 Å². The zero-order chi connectivity index (χ0) is 15.5. The van der Waals surface area contributed by atoms with Crippen molar-refractivity contribution in [3.63, 3.8) is 0 Å². The molecule has 0 saturated carbocycles. The highest BCUT2D eigenvalue weighted by molar-refractivity contribution is 7.89. The number of nitrogens with zero attached hydrogens (tertiary/aromatic N) is 1. The fourth-order valence-electron chi connectivity index (χ4n) is 1.95. The van der Waals surface area contributed by atoms with Crippen LogP contribution in [0.4, 0.5) is 4.39 Å². The van der Waals surface area contributed by atoms with Crippen LogP contribution in [-0.4, -0.2) is 26.3 Å². The molecule has 20 heavy (non-hydrogen) atoms. The van der Waals surface area contributed by atoms with Gasteiger partial charge in [0.15, 0.2) is 0 Å². The summed E-state index contributed by atoms with van der Waals surface area (Å²) in [4.78, 5) is 0.0997. The highest BCUT2D eigenvalue weighted by atomic mass is 32.2. The molecule has 0 amide bonds. The van der Waals surface area contributed by atoms with Crippen molar-refractivity contribution in [1.82, 2.24) is 4.31 Å². The number of halogens is 1. The van der Waals surface area contributed by atoms with Crippen molar-refractivity contribution in [1.29, 1.82) is 0 Å². The van der Waals surface area contributed by atoms with Gasteiger partial charge in [0.1, 0.15) is 5.82 Å². The van der Waals surface area contributed by atoms with Gasteiger partial charge in [-0.25, -0.2) is 17.1 Å². The lowest BCUT2D eigenvalue weighted by molar-refractivity contribution is 0.393. The highest BCUT2D eigenvalue weighted by Gasteiger charge is 2.23. The summed E-state index contributed by atoms with van der Waals surface area (Å²) in [6.45, 7) is 5.97. The molecule has 0 aliphatic carbocycles. The van der Waals surface area contributed by atoms with Crippen LogP contribution in [0.3, 0.4) is 0 Å². The Morgan fingerprint density at radius 2 is 2.00 bits per heavy atom. The number of rotatable bonds is 6. The Balaban J connectivity index is 3.19. The molecule has 2 N–H and O–H groups in total. The van der Waals surface area contributed by atoms with Gasteiger partial charge in [0.05, 0.1) is 4.90 Å². The molecule has 1 atom stereocenters. The van der Waals surface area contributed by atoms with Gasteiger partial charge < -0.3 is 5.73 Å². The van der Waals surface area contributed by atoms with Crippen molar-refractivity contribution in [2.24, 2.45) is 11.7 Å². The smallest absolute Gasteiger partial charge is 0.242 e. The number of aryl methyl sites for hydroxylation is 1. The molecule has 6 heteroatoms. The van der Waals surface area contributed by atoms with Crippen LogP contribution in [0.5, 0.6) is 0 Å². The molecular formula is C14H23FN2O2S. The van der Waals surface area contributed by atoms with Gasteiger partial charge in [-0.3, -0.25) is 0 Å². The molecule has 1 unspecified atom stereocenters. The van der Waals surface area contributed by atoms with Crippen LogP contribution in [0.1, 0.15) is 31.4 Å². The van der Waals surface area contributed by atoms with E-state index in [0.29, 0.717) is 12.1 Å². The lowest BCUT2D eigenvalue weighted by Crippen LogP contribution is -2.31. The first-order valence-corrected chi connectivity index (χ1v) is 8.13. The van der Waals surface area contributed by atoms with Crippen LogP contribution < -0.4 is 5.73 Å². The van der Waals surface area contributed by atoms with Gasteiger partial charge >= 0.3 is 0 Å². The van der Waals surface area contributed by atoms with Crippen molar-refractivity contribution in [2.75, 3.05) is 13.6 Å². The molecule has 0 aliphatic rings. The summed E-state index contributed by atoms with van der Waals surface area (Å²) in [5.41, 5.74) is 5.98. The second-order valence-corrected chi connectivity index (χ2v) is 7.26. The van der Waals surface area contributed by atoms with Crippen molar-refractivity contribution < 1.29 is 12.8 Å². The fraction of sp³-hybridized carbons (Fsp3) is 0.571. The van der Waals surface area contributed by atoms with Gasteiger partial charge in [0, 0.05) is 25.7 Å². The van der Waals surface area contributed by atoms with Gasteiger partial charge in [-0.15, -0.1) is 0 Å². The maximum absolute atomic E-state index is 13.7. The number of hydrogen-bond donors (Lipinski definition) is 1. The van der Waals surface area contributed by atoms with E-state index in [1.165, 1.54) is 16.4 Å². The zero-order valence-electron chi connectivity index (χ0n) is 12.5. The monoisotopic (exact) mass is 302 g/mol. The van der Waals surface area contributed by atoms with E-state index in [0.717, 1.165) is 6.42 Å². The fourth-order valence-corrected chi connectivity index (χ4v) is 3.38. The van der Waals surface area contributed by atoms with E-state index in [2.05, 4.69) is 0 Å². The van der Waals surface area contributed by atoms with Crippen LogP contribution in [-0.2, 0) is 16.6 Å². The topological polar surface area (TPSA) is 63.4 Å². The third-order valence-corrected chi connectivity index (χ3v) is 5.30. The molecular weight excluding hydrogens is 279 g/mol. The molecule has 0 spiro atoms. The van der Waals surface area contributed by atoms with E-state index in [4.69, 9.17) is 5.73 Å². The Labute approximate surface area is 120 Å². The summed E-state index contributed by atoms with van der Waals surface area (Å²) >= 11 is 0. The second kappa shape index (κ2) is 6.65. The summed E-state index contributed by atoms with van der Waals surface area (Å²) in [7, 11) is -2.06. The van der Waals surface area contributed by atoms with E-state index in [1.807, 2.05) is 13.8 Å². The minimum absolute atomic E-state index is 0.0227. The molecule has 1 rings (SSSR count). The van der Waals surface area contributed by atoms with Gasteiger partial charge in [0.2, 0.25) is 10.0 Å². The quantitative estimate of drug-likeness (QED) is 0.876. The Morgan fingerprint density at radius 1 is 1.40 bits per heavy atom. The number of hydrogen-bond acceptors (Lipinski definition) is 3. The molecule has 0 fully saturated rings. The highest BCUT2D eigenvalue weighted by Crippen LogP contribution is 2.22. The Kier molecular flexibility index (Phi) is 5.68. The minimum Gasteiger partial charge on any atom is -0.326 e. The molecule has 0 aromatic heterocycles. The predicted molar refractivity (Wildman–Crippen MR) is 78.3 cm³/mol. The number of nitrogens with two attached hydrogens (primary N) is 1. The van der Waals surface area contributed by atoms with Crippen molar-refractivity contribution in [2.45, 2.75) is 38.6 Å². The maximum atomic E-state index is 13.7. The average molecular weight is 302 g/mol. The zero-order valence-corrected chi connectivity index (χ0v) is 13.3. The summed E-state index contributed by atoms with van der Waals surface area (Å²) in [6.07, 6.45) is 0.899. The molecule has 0 aliphatic heterocycles. The molecule has 0 saturated heterocycles. The molecule has 114 valence electrons. The Hall–Kier alpha value is -0.980. The number of sulfonamides is 1. The first-order valence-electron chi connectivity index (χ1n) is 6.69. The third-order valence-electron chi connectivity index (χ3n) is 3.50. The molecule has 0 bridgehead atoms. The lowest BCUT2D eigenvalue weighted by atomic mass is 10.1. The van der Waals surface area contributed by atoms with E-state index in [1.54, 1.807) is 14.0 Å². The van der Waals surface area contributed by atoms with Gasteiger partial charge in [-0.2, -0.15) is 0 Å². The summed E-state index contributed by atoms with van der Waals surface area (Å²) in [5, 5.41) is 0. The molecule has 0 heterocycles. The molecule has 1 aromatic carbocycles. The van der Waals surface area contributed by atoms with E-state index in [-0.39, 0.29) is 22.9 Å². The Morgan fingerprint density at radius 3 is 2.50 bits per heavy atom. The van der Waals surface area contributed by atoms with Crippen LogP contribution in [0.15, 0.2) is 17.0 Å². The predicted octanol–water partition coefficient (Wildman–Crippen LogP) is 2.26. The van der Waals surface area contributed by atoms with Crippen LogP contribution in [0.25, 0.3) is 0 Å². The Bertz CT molecular complexity index is 573. The molecule has 1 aromatic rings. The normalized spacial score (nSPS) is 13.8. The average Bonchev–Trinajstić information content (AvgIpc) is 2.41. The summed E-state index contributed by atoms with van der Waals surface area (Å²) in [5.74, 6) is -0.165. The SMILES string of the molecule is CCC(C)CN(C)S(=O)(=O)c1cc(C)c(F)c(CN)c1. The lowest BCUT2D eigenvalue weighted by Gasteiger charge is -2.21. The molecule has 4 nitrogen and oxygen atoms in total. The first kappa shape index (κ1) is 17.1. The van der Waals surface area contributed by atoms with Crippen molar-refractivity contribution >= 4 is 10.0 Å². The van der Waals surface area contributed by atoms with E-state index in [9.17, 15) is 12.8 Å². The third kappa shape index (κ3) is 3.56. The molecule has 0 radical (unpaired) electrons.